The molecule has 6 nitrogen and oxygen atoms in total. The first-order chi connectivity index (χ1) is 12.6. The van der Waals surface area contributed by atoms with Crippen molar-refractivity contribution in [2.45, 2.75) is 24.3 Å². The van der Waals surface area contributed by atoms with Crippen LogP contribution < -0.4 is 20.1 Å². The number of benzene rings is 2. The van der Waals surface area contributed by atoms with Gasteiger partial charge < -0.3 is 20.1 Å². The standard InChI is InChI=1S/C19H18N2O4S/c1-11(12-2-4-15-16(9-12)25-10-24-15)20-19(23)13-3-5-17-14(8-13)21-18(22)6-7-26-17/h2-5,8-9,11H,6-7,10H2,1H3,(H,20,23)(H,21,22)/t11-/m0/s1. The van der Waals surface area contributed by atoms with Crippen molar-refractivity contribution in [3.8, 4) is 11.5 Å². The molecular formula is C19H18N2O4S. The molecule has 26 heavy (non-hydrogen) atoms. The second-order valence-electron chi connectivity index (χ2n) is 6.17. The molecule has 0 unspecified atom stereocenters. The molecule has 2 aliphatic heterocycles. The average Bonchev–Trinajstić information content (AvgIpc) is 3.02. The average molecular weight is 370 g/mol. The predicted molar refractivity (Wildman–Crippen MR) is 98.9 cm³/mol. The van der Waals surface area contributed by atoms with Crippen molar-refractivity contribution in [2.24, 2.45) is 0 Å². The van der Waals surface area contributed by atoms with E-state index in [1.807, 2.05) is 31.2 Å². The van der Waals surface area contributed by atoms with Crippen LogP contribution in [0.2, 0.25) is 0 Å². The lowest BCUT2D eigenvalue weighted by atomic mass is 10.1. The summed E-state index contributed by atoms with van der Waals surface area (Å²) in [7, 11) is 0. The van der Waals surface area contributed by atoms with Crippen molar-refractivity contribution in [1.82, 2.24) is 5.32 Å². The Kier molecular flexibility index (Phi) is 4.46. The summed E-state index contributed by atoms with van der Waals surface area (Å²) in [5, 5.41) is 5.84. The monoisotopic (exact) mass is 370 g/mol. The van der Waals surface area contributed by atoms with Crippen molar-refractivity contribution in [1.29, 1.82) is 0 Å². The van der Waals surface area contributed by atoms with E-state index >= 15 is 0 Å². The maximum Gasteiger partial charge on any atom is 0.251 e. The molecule has 0 radical (unpaired) electrons. The van der Waals surface area contributed by atoms with Crippen LogP contribution in [0.4, 0.5) is 5.69 Å². The number of carbonyl (C=O) groups is 2. The molecule has 0 aliphatic carbocycles. The van der Waals surface area contributed by atoms with Crippen molar-refractivity contribution in [3.63, 3.8) is 0 Å². The van der Waals surface area contributed by atoms with Gasteiger partial charge in [0, 0.05) is 22.6 Å². The molecule has 4 rings (SSSR count). The van der Waals surface area contributed by atoms with Gasteiger partial charge in [-0.25, -0.2) is 0 Å². The van der Waals surface area contributed by atoms with E-state index < -0.39 is 0 Å². The van der Waals surface area contributed by atoms with Crippen LogP contribution in [0.15, 0.2) is 41.3 Å². The summed E-state index contributed by atoms with van der Waals surface area (Å²) in [5.41, 5.74) is 2.14. The maximum atomic E-state index is 12.6. The molecule has 2 N–H and O–H groups in total. The highest BCUT2D eigenvalue weighted by Gasteiger charge is 2.19. The number of carbonyl (C=O) groups excluding carboxylic acids is 2. The number of anilines is 1. The molecule has 0 spiro atoms. The number of amides is 2. The van der Waals surface area contributed by atoms with Crippen LogP contribution in [0.3, 0.4) is 0 Å². The SMILES string of the molecule is C[C@H](NC(=O)c1ccc2c(c1)NC(=O)CCS2)c1ccc2c(c1)OCO2. The Morgan fingerprint density at radius 3 is 2.92 bits per heavy atom. The highest BCUT2D eigenvalue weighted by atomic mass is 32.2. The van der Waals surface area contributed by atoms with Gasteiger partial charge in [0.05, 0.1) is 11.7 Å². The van der Waals surface area contributed by atoms with Crippen LogP contribution in [0.5, 0.6) is 11.5 Å². The van der Waals surface area contributed by atoms with Crippen LogP contribution in [0, 0.1) is 0 Å². The van der Waals surface area contributed by atoms with Gasteiger partial charge in [0.1, 0.15) is 0 Å². The Labute approximate surface area is 155 Å². The number of hydrogen-bond acceptors (Lipinski definition) is 5. The fourth-order valence-corrected chi connectivity index (χ4v) is 3.84. The van der Waals surface area contributed by atoms with Gasteiger partial charge in [0.2, 0.25) is 12.7 Å². The summed E-state index contributed by atoms with van der Waals surface area (Å²) in [4.78, 5) is 25.3. The zero-order valence-corrected chi connectivity index (χ0v) is 15.0. The van der Waals surface area contributed by atoms with Crippen LogP contribution in [0.25, 0.3) is 0 Å². The van der Waals surface area contributed by atoms with E-state index in [0.29, 0.717) is 29.2 Å². The first kappa shape index (κ1) is 16.8. The van der Waals surface area contributed by atoms with E-state index in [0.717, 1.165) is 16.2 Å². The van der Waals surface area contributed by atoms with Crippen molar-refractivity contribution < 1.29 is 19.1 Å². The normalized spacial score (nSPS) is 16.3. The molecule has 134 valence electrons. The van der Waals surface area contributed by atoms with Crippen molar-refractivity contribution in [2.75, 3.05) is 17.9 Å². The van der Waals surface area contributed by atoms with Gasteiger partial charge in [-0.3, -0.25) is 9.59 Å². The van der Waals surface area contributed by atoms with Gasteiger partial charge in [-0.15, -0.1) is 11.8 Å². The van der Waals surface area contributed by atoms with E-state index in [9.17, 15) is 9.59 Å². The van der Waals surface area contributed by atoms with Gasteiger partial charge >= 0.3 is 0 Å². The second-order valence-corrected chi connectivity index (χ2v) is 7.30. The molecule has 2 aliphatic rings. The highest BCUT2D eigenvalue weighted by molar-refractivity contribution is 7.99. The Morgan fingerprint density at radius 2 is 2.04 bits per heavy atom. The first-order valence-electron chi connectivity index (χ1n) is 8.37. The molecular weight excluding hydrogens is 352 g/mol. The topological polar surface area (TPSA) is 76.7 Å². The molecule has 2 heterocycles. The molecule has 0 fully saturated rings. The fraction of sp³-hybridized carbons (Fsp3) is 0.263. The molecule has 2 aromatic carbocycles. The Hall–Kier alpha value is -2.67. The van der Waals surface area contributed by atoms with E-state index in [1.165, 1.54) is 0 Å². The van der Waals surface area contributed by atoms with Gasteiger partial charge in [-0.05, 0) is 42.8 Å². The Bertz CT molecular complexity index is 884. The summed E-state index contributed by atoms with van der Waals surface area (Å²) < 4.78 is 10.7. The number of thioether (sulfide) groups is 1. The zero-order chi connectivity index (χ0) is 18.1. The van der Waals surface area contributed by atoms with E-state index in [2.05, 4.69) is 10.6 Å². The largest absolute Gasteiger partial charge is 0.454 e. The zero-order valence-electron chi connectivity index (χ0n) is 14.2. The minimum Gasteiger partial charge on any atom is -0.454 e. The predicted octanol–water partition coefficient (Wildman–Crippen LogP) is 3.34. The third-order valence-electron chi connectivity index (χ3n) is 4.35. The molecule has 0 aromatic heterocycles. The van der Waals surface area contributed by atoms with E-state index in [-0.39, 0.29) is 24.6 Å². The summed E-state index contributed by atoms with van der Waals surface area (Å²) in [5.74, 6) is 1.93. The minimum absolute atomic E-state index is 0.0254. The Morgan fingerprint density at radius 1 is 1.19 bits per heavy atom. The molecule has 0 bridgehead atoms. The van der Waals surface area contributed by atoms with Crippen LogP contribution in [-0.2, 0) is 4.79 Å². The van der Waals surface area contributed by atoms with Crippen LogP contribution >= 0.6 is 11.8 Å². The number of fused-ring (bicyclic) bond motifs is 2. The lowest BCUT2D eigenvalue weighted by molar-refractivity contribution is -0.115. The van der Waals surface area contributed by atoms with Crippen molar-refractivity contribution in [3.05, 3.63) is 47.5 Å². The van der Waals surface area contributed by atoms with Gasteiger partial charge in [0.15, 0.2) is 11.5 Å². The van der Waals surface area contributed by atoms with Gasteiger partial charge in [-0.1, -0.05) is 6.07 Å². The van der Waals surface area contributed by atoms with Crippen LogP contribution in [-0.4, -0.2) is 24.4 Å². The minimum atomic E-state index is -0.195. The summed E-state index contributed by atoms with van der Waals surface area (Å²) in [6.07, 6.45) is 0.474. The maximum absolute atomic E-state index is 12.6. The molecule has 0 saturated heterocycles. The quantitative estimate of drug-likeness (QED) is 0.867. The molecule has 2 amide bonds. The Balaban J connectivity index is 1.50. The fourth-order valence-electron chi connectivity index (χ4n) is 2.91. The lowest BCUT2D eigenvalue weighted by Crippen LogP contribution is -2.26. The van der Waals surface area contributed by atoms with Crippen molar-refractivity contribution >= 4 is 29.3 Å². The number of rotatable bonds is 3. The smallest absolute Gasteiger partial charge is 0.251 e. The lowest BCUT2D eigenvalue weighted by Gasteiger charge is -2.16. The molecule has 2 aromatic rings. The van der Waals surface area contributed by atoms with Gasteiger partial charge in [0.25, 0.3) is 5.91 Å². The summed E-state index contributed by atoms with van der Waals surface area (Å²) in [6.45, 7) is 2.13. The number of ether oxygens (including phenoxy) is 2. The van der Waals surface area contributed by atoms with Gasteiger partial charge in [-0.2, -0.15) is 0 Å². The molecule has 1 atom stereocenters. The third kappa shape index (κ3) is 3.35. The van der Waals surface area contributed by atoms with Crippen LogP contribution in [0.1, 0.15) is 35.3 Å². The molecule has 7 heteroatoms. The highest BCUT2D eigenvalue weighted by Crippen LogP contribution is 2.34. The second kappa shape index (κ2) is 6.92. The third-order valence-corrected chi connectivity index (χ3v) is 5.42. The molecule has 0 saturated carbocycles. The number of hydrogen-bond donors (Lipinski definition) is 2. The number of nitrogens with one attached hydrogen (secondary N) is 2. The summed E-state index contributed by atoms with van der Waals surface area (Å²) >= 11 is 1.62. The first-order valence-corrected chi connectivity index (χ1v) is 9.36. The van der Waals surface area contributed by atoms with E-state index in [1.54, 1.807) is 23.9 Å². The van der Waals surface area contributed by atoms with E-state index in [4.69, 9.17) is 9.47 Å². The summed E-state index contributed by atoms with van der Waals surface area (Å²) in [6, 6.07) is 10.8.